The Bertz CT molecular complexity index is 165. The van der Waals surface area contributed by atoms with Crippen molar-refractivity contribution in [3.63, 3.8) is 0 Å². The Balaban J connectivity index is 1.83. The molecule has 2 saturated carbocycles. The third kappa shape index (κ3) is 2.48. The molecule has 2 N–H and O–H groups in total. The molecule has 0 aliphatic heterocycles. The van der Waals surface area contributed by atoms with Gasteiger partial charge in [0.2, 0.25) is 0 Å². The lowest BCUT2D eigenvalue weighted by atomic mass is 9.67. The van der Waals surface area contributed by atoms with Crippen LogP contribution in [0.1, 0.15) is 39.0 Å². The van der Waals surface area contributed by atoms with E-state index in [1.54, 1.807) is 0 Å². The van der Waals surface area contributed by atoms with Gasteiger partial charge in [0.15, 0.2) is 0 Å². The summed E-state index contributed by atoms with van der Waals surface area (Å²) in [4.78, 5) is 0. The molecular weight excluding hydrogens is 174 g/mol. The van der Waals surface area contributed by atoms with E-state index >= 15 is 0 Å². The maximum atomic E-state index is 9.66. The highest BCUT2D eigenvalue weighted by atomic mass is 16.3. The summed E-state index contributed by atoms with van der Waals surface area (Å²) < 4.78 is 0. The van der Waals surface area contributed by atoms with Gasteiger partial charge in [0.1, 0.15) is 0 Å². The molecule has 0 amide bonds. The minimum atomic E-state index is 0.0128. The maximum Gasteiger partial charge on any atom is 0.0545 e. The van der Waals surface area contributed by atoms with Crippen LogP contribution >= 0.6 is 0 Å². The molecule has 0 unspecified atom stereocenters. The van der Waals surface area contributed by atoms with Gasteiger partial charge in [-0.15, -0.1) is 0 Å². The first-order valence-corrected chi connectivity index (χ1v) is 6.16. The summed E-state index contributed by atoms with van der Waals surface area (Å²) in [6.07, 6.45) is 6.23. The SMILES string of the molecule is CCNCC1C[C@H]2CC(O)C[C@H](C1)C2. The summed E-state index contributed by atoms with van der Waals surface area (Å²) in [7, 11) is 0. The molecule has 0 heterocycles. The van der Waals surface area contributed by atoms with Gasteiger partial charge in [-0.2, -0.15) is 0 Å². The highest BCUT2D eigenvalue weighted by Gasteiger charge is 2.34. The predicted octanol–water partition coefficient (Wildman–Crippen LogP) is 1.78. The zero-order valence-corrected chi connectivity index (χ0v) is 9.21. The fourth-order valence-electron chi connectivity index (χ4n) is 3.47. The molecule has 2 bridgehead atoms. The number of hydrogen-bond donors (Lipinski definition) is 2. The van der Waals surface area contributed by atoms with Crippen LogP contribution in [0.25, 0.3) is 0 Å². The smallest absolute Gasteiger partial charge is 0.0545 e. The summed E-state index contributed by atoms with van der Waals surface area (Å²) in [6, 6.07) is 0. The minimum Gasteiger partial charge on any atom is -0.393 e. The first-order chi connectivity index (χ1) is 6.78. The van der Waals surface area contributed by atoms with E-state index in [-0.39, 0.29) is 6.10 Å². The summed E-state index contributed by atoms with van der Waals surface area (Å²) in [6.45, 7) is 4.46. The monoisotopic (exact) mass is 197 g/mol. The van der Waals surface area contributed by atoms with Crippen molar-refractivity contribution in [2.45, 2.75) is 45.1 Å². The van der Waals surface area contributed by atoms with E-state index in [1.807, 2.05) is 0 Å². The van der Waals surface area contributed by atoms with E-state index in [9.17, 15) is 5.11 Å². The van der Waals surface area contributed by atoms with Gasteiger partial charge in [0.05, 0.1) is 6.10 Å². The van der Waals surface area contributed by atoms with Crippen molar-refractivity contribution in [1.82, 2.24) is 5.32 Å². The summed E-state index contributed by atoms with van der Waals surface area (Å²) in [5, 5.41) is 13.1. The Kier molecular flexibility index (Phi) is 3.45. The Hall–Kier alpha value is -0.0800. The molecule has 2 nitrogen and oxygen atoms in total. The molecule has 2 fully saturated rings. The van der Waals surface area contributed by atoms with Gasteiger partial charge >= 0.3 is 0 Å². The minimum absolute atomic E-state index is 0.0128. The number of hydrogen-bond acceptors (Lipinski definition) is 2. The van der Waals surface area contributed by atoms with Gasteiger partial charge in [-0.3, -0.25) is 0 Å². The second-order valence-electron chi connectivity index (χ2n) is 5.24. The van der Waals surface area contributed by atoms with Crippen LogP contribution in [-0.2, 0) is 0 Å². The zero-order chi connectivity index (χ0) is 9.97. The lowest BCUT2D eigenvalue weighted by Gasteiger charge is -2.41. The van der Waals surface area contributed by atoms with Gasteiger partial charge in [-0.25, -0.2) is 0 Å². The number of fused-ring (bicyclic) bond motifs is 2. The lowest BCUT2D eigenvalue weighted by molar-refractivity contribution is 0.0271. The Morgan fingerprint density at radius 2 is 1.71 bits per heavy atom. The van der Waals surface area contributed by atoms with Crippen molar-refractivity contribution in [2.75, 3.05) is 13.1 Å². The quantitative estimate of drug-likeness (QED) is 0.723. The fourth-order valence-corrected chi connectivity index (χ4v) is 3.47. The van der Waals surface area contributed by atoms with Crippen LogP contribution < -0.4 is 5.32 Å². The highest BCUT2D eigenvalue weighted by Crippen LogP contribution is 2.42. The second kappa shape index (κ2) is 4.63. The van der Waals surface area contributed by atoms with E-state index in [0.29, 0.717) is 0 Å². The van der Waals surface area contributed by atoms with Crippen molar-refractivity contribution >= 4 is 0 Å². The average Bonchev–Trinajstić information content (AvgIpc) is 2.12. The molecule has 0 aromatic heterocycles. The lowest BCUT2D eigenvalue weighted by Crippen LogP contribution is -2.37. The average molecular weight is 197 g/mol. The molecule has 14 heavy (non-hydrogen) atoms. The highest BCUT2D eigenvalue weighted by molar-refractivity contribution is 4.87. The third-order valence-corrected chi connectivity index (χ3v) is 3.89. The molecule has 82 valence electrons. The first kappa shape index (κ1) is 10.4. The molecule has 2 atom stereocenters. The molecule has 2 aliphatic carbocycles. The van der Waals surface area contributed by atoms with E-state index in [4.69, 9.17) is 0 Å². The van der Waals surface area contributed by atoms with E-state index in [2.05, 4.69) is 12.2 Å². The first-order valence-electron chi connectivity index (χ1n) is 6.16. The van der Waals surface area contributed by atoms with E-state index in [0.717, 1.165) is 37.1 Å². The van der Waals surface area contributed by atoms with Crippen molar-refractivity contribution in [3.05, 3.63) is 0 Å². The Morgan fingerprint density at radius 3 is 2.29 bits per heavy atom. The Labute approximate surface area is 87.1 Å². The zero-order valence-electron chi connectivity index (χ0n) is 9.21. The van der Waals surface area contributed by atoms with Crippen molar-refractivity contribution in [1.29, 1.82) is 0 Å². The molecule has 2 heteroatoms. The number of aliphatic hydroxyl groups excluding tert-OH is 1. The topological polar surface area (TPSA) is 32.3 Å². The van der Waals surface area contributed by atoms with Crippen molar-refractivity contribution < 1.29 is 5.11 Å². The molecule has 0 aromatic rings. The molecular formula is C12H23NO. The van der Waals surface area contributed by atoms with E-state index < -0.39 is 0 Å². The number of aliphatic hydroxyl groups is 1. The van der Waals surface area contributed by atoms with Gasteiger partial charge in [-0.05, 0) is 62.9 Å². The molecule has 0 radical (unpaired) electrons. The normalized spacial score (nSPS) is 42.4. The van der Waals surface area contributed by atoms with Crippen LogP contribution in [0.5, 0.6) is 0 Å². The maximum absolute atomic E-state index is 9.66. The fraction of sp³-hybridized carbons (Fsp3) is 1.00. The van der Waals surface area contributed by atoms with Crippen LogP contribution in [0.15, 0.2) is 0 Å². The van der Waals surface area contributed by atoms with Gasteiger partial charge in [0.25, 0.3) is 0 Å². The third-order valence-electron chi connectivity index (χ3n) is 3.89. The molecule has 2 aliphatic rings. The van der Waals surface area contributed by atoms with Crippen LogP contribution in [0.3, 0.4) is 0 Å². The van der Waals surface area contributed by atoms with Crippen LogP contribution in [0, 0.1) is 17.8 Å². The van der Waals surface area contributed by atoms with Crippen molar-refractivity contribution in [2.24, 2.45) is 17.8 Å². The second-order valence-corrected chi connectivity index (χ2v) is 5.24. The summed E-state index contributed by atoms with van der Waals surface area (Å²) in [5.41, 5.74) is 0. The van der Waals surface area contributed by atoms with Gasteiger partial charge in [0, 0.05) is 0 Å². The van der Waals surface area contributed by atoms with Crippen molar-refractivity contribution in [3.8, 4) is 0 Å². The number of rotatable bonds is 3. The number of nitrogens with one attached hydrogen (secondary N) is 1. The van der Waals surface area contributed by atoms with Crippen LogP contribution in [0.4, 0.5) is 0 Å². The molecule has 0 spiro atoms. The Morgan fingerprint density at radius 1 is 1.07 bits per heavy atom. The van der Waals surface area contributed by atoms with Crippen LogP contribution in [-0.4, -0.2) is 24.3 Å². The largest absolute Gasteiger partial charge is 0.393 e. The molecule has 0 aromatic carbocycles. The van der Waals surface area contributed by atoms with Gasteiger partial charge in [-0.1, -0.05) is 6.92 Å². The standard InChI is InChI=1S/C12H23NO/c1-2-13-8-11-4-9-3-10(5-11)7-12(14)6-9/h9-14H,2-8H2,1H3/t9-,10-,11?,12?/m0/s1. The summed E-state index contributed by atoms with van der Waals surface area (Å²) >= 11 is 0. The summed E-state index contributed by atoms with van der Waals surface area (Å²) in [5.74, 6) is 2.52. The van der Waals surface area contributed by atoms with Gasteiger partial charge < -0.3 is 10.4 Å². The molecule has 0 saturated heterocycles. The predicted molar refractivity (Wildman–Crippen MR) is 58.1 cm³/mol. The van der Waals surface area contributed by atoms with E-state index in [1.165, 1.54) is 25.8 Å². The molecule has 2 rings (SSSR count). The van der Waals surface area contributed by atoms with Crippen LogP contribution in [0.2, 0.25) is 0 Å².